The fourth-order valence-electron chi connectivity index (χ4n) is 5.36. The molecule has 1 fully saturated rings. The number of carbonyl (C=O) groups excluding carboxylic acids is 4. The third-order valence-electron chi connectivity index (χ3n) is 7.05. The summed E-state index contributed by atoms with van der Waals surface area (Å²) in [5, 5.41) is 4.04. The van der Waals surface area contributed by atoms with Crippen LogP contribution in [0.25, 0.3) is 32.6 Å². The molecule has 0 radical (unpaired) electrons. The van der Waals surface area contributed by atoms with Crippen LogP contribution in [-0.4, -0.2) is 71.7 Å². The van der Waals surface area contributed by atoms with Crippen molar-refractivity contribution in [3.05, 3.63) is 47.8 Å². The molecule has 0 bridgehead atoms. The van der Waals surface area contributed by atoms with Gasteiger partial charge in [0.15, 0.2) is 24.6 Å². The van der Waals surface area contributed by atoms with E-state index in [-0.39, 0.29) is 6.61 Å². The van der Waals surface area contributed by atoms with E-state index in [2.05, 4.69) is 16.9 Å². The molecule has 1 aliphatic rings. The van der Waals surface area contributed by atoms with Gasteiger partial charge in [0.1, 0.15) is 12.4 Å². The first kappa shape index (κ1) is 29.0. The molecule has 12 heteroatoms. The predicted octanol–water partition coefficient (Wildman–Crippen LogP) is 3.56. The van der Waals surface area contributed by atoms with Crippen molar-refractivity contribution in [2.24, 2.45) is 0 Å². The van der Waals surface area contributed by atoms with Crippen LogP contribution in [0.2, 0.25) is 0 Å². The highest BCUT2D eigenvalue weighted by molar-refractivity contribution is 6.16. The maximum absolute atomic E-state index is 12.8. The molecule has 0 spiro atoms. The number of carbonyl (C=O) groups is 4. The molecule has 4 aromatic rings. The van der Waals surface area contributed by atoms with Gasteiger partial charge in [0.2, 0.25) is 0 Å². The molecule has 220 valence electrons. The van der Waals surface area contributed by atoms with Crippen molar-refractivity contribution >= 4 is 56.5 Å². The average molecular weight is 579 g/mol. The van der Waals surface area contributed by atoms with Crippen molar-refractivity contribution in [1.29, 1.82) is 0 Å². The molecule has 1 saturated heterocycles. The third-order valence-corrected chi connectivity index (χ3v) is 7.05. The van der Waals surface area contributed by atoms with Crippen LogP contribution in [0, 0.1) is 13.8 Å². The minimum absolute atomic E-state index is 0.227. The number of esters is 4. The number of hydrogen-bond donors (Lipinski definition) is 1. The van der Waals surface area contributed by atoms with Crippen molar-refractivity contribution in [1.82, 2.24) is 9.97 Å². The molecule has 4 atom stereocenters. The highest BCUT2D eigenvalue weighted by atomic mass is 16.7. The second-order valence-electron chi connectivity index (χ2n) is 10.0. The number of benzene rings is 2. The van der Waals surface area contributed by atoms with Crippen LogP contribution in [0.3, 0.4) is 0 Å². The number of nitrogens with zero attached hydrogens (tertiary/aromatic N) is 1. The number of aromatic nitrogens is 2. The van der Waals surface area contributed by atoms with Gasteiger partial charge >= 0.3 is 23.9 Å². The van der Waals surface area contributed by atoms with Gasteiger partial charge in [0, 0.05) is 54.8 Å². The summed E-state index contributed by atoms with van der Waals surface area (Å²) in [5.74, 6) is -2.51. The van der Waals surface area contributed by atoms with Gasteiger partial charge in [-0.25, -0.2) is 4.79 Å². The summed E-state index contributed by atoms with van der Waals surface area (Å²) in [6, 6.07) is 7.27. The first-order valence-electron chi connectivity index (χ1n) is 13.3. The first-order chi connectivity index (χ1) is 20.0. The van der Waals surface area contributed by atoms with Gasteiger partial charge in [-0.1, -0.05) is 0 Å². The Morgan fingerprint density at radius 3 is 2.33 bits per heavy atom. The smallest absolute Gasteiger partial charge is 0.337 e. The fraction of sp³-hybridized carbons (Fsp3) is 0.367. The topological polar surface area (TPSA) is 152 Å². The second-order valence-corrected chi connectivity index (χ2v) is 10.0. The number of H-pyrrole nitrogens is 1. The SMILES string of the molecule is CC(=O)O[C@@H]1[C@@H](OC(C)=O)[C@H](OCC(=O)Oc2ccc3[nH]c4c(C)c5ccncc5c(C)c4c3c2)OC[C@@H]1OC(C)=O. The average Bonchev–Trinajstić information content (AvgIpc) is 3.31. The quantitative estimate of drug-likeness (QED) is 0.195. The summed E-state index contributed by atoms with van der Waals surface area (Å²) in [6.45, 7) is 6.77. The summed E-state index contributed by atoms with van der Waals surface area (Å²) in [4.78, 5) is 55.7. The number of hydrogen-bond acceptors (Lipinski definition) is 11. The Labute approximate surface area is 240 Å². The van der Waals surface area contributed by atoms with Gasteiger partial charge in [0.25, 0.3) is 0 Å². The first-order valence-corrected chi connectivity index (χ1v) is 13.3. The van der Waals surface area contributed by atoms with Gasteiger partial charge in [-0.3, -0.25) is 19.4 Å². The largest absolute Gasteiger partial charge is 0.456 e. The summed E-state index contributed by atoms with van der Waals surface area (Å²) < 4.78 is 32.5. The van der Waals surface area contributed by atoms with Gasteiger partial charge in [-0.15, -0.1) is 0 Å². The molecule has 2 aromatic carbocycles. The van der Waals surface area contributed by atoms with Crippen LogP contribution in [0.4, 0.5) is 0 Å². The van der Waals surface area contributed by atoms with Crippen molar-refractivity contribution in [3.8, 4) is 5.75 Å². The molecule has 2 aromatic heterocycles. The number of fused-ring (bicyclic) bond motifs is 4. The fourth-order valence-corrected chi connectivity index (χ4v) is 5.36. The second kappa shape index (κ2) is 11.7. The zero-order chi connectivity index (χ0) is 30.1. The lowest BCUT2D eigenvalue weighted by atomic mass is 9.97. The van der Waals surface area contributed by atoms with E-state index in [1.807, 2.05) is 25.3 Å². The highest BCUT2D eigenvalue weighted by Gasteiger charge is 2.47. The third kappa shape index (κ3) is 5.76. The number of ether oxygens (including phenoxy) is 6. The molecule has 0 saturated carbocycles. The standard InChI is InChI=1S/C30H30N2O10/c1-14-22-11-31-9-8-20(22)15(2)27-26(14)21-10-19(6-7-23(21)32-27)42-25(36)13-38-30-29(41-18(5)35)28(40-17(4)34)24(12-37-30)39-16(3)33/h6-11,24,28-30,32H,12-13H2,1-5H3/t24-,28-,29+,30-/m0/s1. The van der Waals surface area contributed by atoms with Crippen LogP contribution in [0.1, 0.15) is 31.9 Å². The molecular weight excluding hydrogens is 548 g/mol. The van der Waals surface area contributed by atoms with E-state index >= 15 is 0 Å². The Bertz CT molecular complexity index is 1710. The van der Waals surface area contributed by atoms with Gasteiger partial charge in [-0.05, 0) is 54.6 Å². The van der Waals surface area contributed by atoms with Crippen molar-refractivity contribution < 1.29 is 47.6 Å². The normalized spacial score (nSPS) is 20.4. The van der Waals surface area contributed by atoms with Crippen molar-refractivity contribution in [3.63, 3.8) is 0 Å². The molecule has 3 heterocycles. The lowest BCUT2D eigenvalue weighted by Crippen LogP contribution is -2.58. The summed E-state index contributed by atoms with van der Waals surface area (Å²) in [5.41, 5.74) is 4.02. The molecule has 0 aliphatic carbocycles. The molecule has 0 unspecified atom stereocenters. The number of aryl methyl sites for hydroxylation is 2. The highest BCUT2D eigenvalue weighted by Crippen LogP contribution is 2.37. The zero-order valence-corrected chi connectivity index (χ0v) is 23.7. The van der Waals surface area contributed by atoms with Gasteiger partial charge in [0.05, 0.1) is 12.1 Å². The number of rotatable bonds is 7. The monoisotopic (exact) mass is 578 g/mol. The van der Waals surface area contributed by atoms with Crippen LogP contribution in [0.15, 0.2) is 36.7 Å². The lowest BCUT2D eigenvalue weighted by Gasteiger charge is -2.39. The van der Waals surface area contributed by atoms with E-state index in [1.54, 1.807) is 18.3 Å². The van der Waals surface area contributed by atoms with Gasteiger partial charge < -0.3 is 33.4 Å². The zero-order valence-electron chi connectivity index (χ0n) is 23.7. The minimum atomic E-state index is -1.31. The molecular formula is C30H30N2O10. The maximum atomic E-state index is 12.8. The van der Waals surface area contributed by atoms with Crippen LogP contribution >= 0.6 is 0 Å². The van der Waals surface area contributed by atoms with E-state index in [9.17, 15) is 19.2 Å². The Morgan fingerprint density at radius 1 is 0.905 bits per heavy atom. The van der Waals surface area contributed by atoms with Crippen LogP contribution in [-0.2, 0) is 42.9 Å². The number of pyridine rings is 1. The number of aromatic amines is 1. The summed E-state index contributed by atoms with van der Waals surface area (Å²) in [6.07, 6.45) is -1.27. The Morgan fingerprint density at radius 2 is 1.62 bits per heavy atom. The van der Waals surface area contributed by atoms with E-state index in [0.29, 0.717) is 5.75 Å². The number of nitrogens with one attached hydrogen (secondary N) is 1. The predicted molar refractivity (Wildman–Crippen MR) is 149 cm³/mol. The van der Waals surface area contributed by atoms with Crippen molar-refractivity contribution in [2.75, 3.05) is 13.2 Å². The molecule has 42 heavy (non-hydrogen) atoms. The summed E-state index contributed by atoms with van der Waals surface area (Å²) in [7, 11) is 0. The molecule has 5 rings (SSSR count). The Balaban J connectivity index is 1.34. The molecule has 1 aliphatic heterocycles. The Hall–Kier alpha value is -4.55. The van der Waals surface area contributed by atoms with E-state index < -0.39 is 55.1 Å². The maximum Gasteiger partial charge on any atom is 0.337 e. The van der Waals surface area contributed by atoms with E-state index in [4.69, 9.17) is 28.4 Å². The molecule has 1 N–H and O–H groups in total. The molecule has 12 nitrogen and oxygen atoms in total. The van der Waals surface area contributed by atoms with Crippen molar-refractivity contribution in [2.45, 2.75) is 59.2 Å². The minimum Gasteiger partial charge on any atom is -0.456 e. The van der Waals surface area contributed by atoms with Crippen LogP contribution in [0.5, 0.6) is 5.75 Å². The van der Waals surface area contributed by atoms with E-state index in [1.165, 1.54) is 6.92 Å². The van der Waals surface area contributed by atoms with E-state index in [0.717, 1.165) is 57.6 Å². The van der Waals surface area contributed by atoms with Crippen LogP contribution < -0.4 is 4.74 Å². The molecule has 0 amide bonds. The summed E-state index contributed by atoms with van der Waals surface area (Å²) >= 11 is 0. The lowest BCUT2D eigenvalue weighted by molar-refractivity contribution is -0.280. The Kier molecular flexibility index (Phi) is 8.10. The van der Waals surface area contributed by atoms with Gasteiger partial charge in [-0.2, -0.15) is 0 Å².